The van der Waals surface area contributed by atoms with E-state index in [9.17, 15) is 9.59 Å². The number of fused-ring (bicyclic) bond motifs is 1. The second-order valence-corrected chi connectivity index (χ2v) is 7.84. The number of carbonyl (C=O) groups excluding carboxylic acids is 1. The Balaban J connectivity index is 1.87. The van der Waals surface area contributed by atoms with Crippen LogP contribution in [-0.2, 0) is 4.79 Å². The van der Waals surface area contributed by atoms with E-state index >= 15 is 0 Å². The van der Waals surface area contributed by atoms with Gasteiger partial charge in [-0.15, -0.1) is 0 Å². The summed E-state index contributed by atoms with van der Waals surface area (Å²) >= 11 is 1.37. The van der Waals surface area contributed by atoms with Crippen molar-refractivity contribution in [3.63, 3.8) is 0 Å². The van der Waals surface area contributed by atoms with Gasteiger partial charge in [-0.05, 0) is 37.8 Å². The molecule has 1 fully saturated rings. The number of hydrogen-bond acceptors (Lipinski definition) is 4. The molecule has 2 aromatic rings. The standard InChI is InChI=1S/C20H27N3O2S/c1-3-14(4-2)21-18(24)13-26-20-22-17-12-8-7-11-16(17)19(25)23(20)15-9-5-6-10-15/h7-8,11-12,14-15H,3-6,9-10,13H2,1-2H3,(H,21,24). The zero-order valence-corrected chi connectivity index (χ0v) is 16.3. The van der Waals surface area contributed by atoms with E-state index in [0.29, 0.717) is 16.1 Å². The van der Waals surface area contributed by atoms with Crippen molar-refractivity contribution >= 4 is 28.6 Å². The second-order valence-electron chi connectivity index (χ2n) is 6.89. The van der Waals surface area contributed by atoms with Crippen LogP contribution in [0.1, 0.15) is 58.4 Å². The van der Waals surface area contributed by atoms with E-state index in [2.05, 4.69) is 19.2 Å². The third kappa shape index (κ3) is 4.11. The summed E-state index contributed by atoms with van der Waals surface area (Å²) in [6.45, 7) is 4.15. The van der Waals surface area contributed by atoms with Gasteiger partial charge in [-0.25, -0.2) is 4.98 Å². The molecule has 0 unspecified atom stereocenters. The average molecular weight is 374 g/mol. The predicted molar refractivity (Wildman–Crippen MR) is 107 cm³/mol. The second kappa shape index (κ2) is 8.71. The molecule has 0 atom stereocenters. The van der Waals surface area contributed by atoms with Gasteiger partial charge in [0, 0.05) is 12.1 Å². The molecule has 6 heteroatoms. The number of aromatic nitrogens is 2. The Morgan fingerprint density at radius 3 is 2.65 bits per heavy atom. The van der Waals surface area contributed by atoms with Crippen LogP contribution in [-0.4, -0.2) is 27.3 Å². The zero-order valence-electron chi connectivity index (χ0n) is 15.5. The average Bonchev–Trinajstić information content (AvgIpc) is 3.18. The van der Waals surface area contributed by atoms with Gasteiger partial charge in [0.15, 0.2) is 5.16 Å². The maximum atomic E-state index is 13.1. The molecule has 5 nitrogen and oxygen atoms in total. The number of para-hydroxylation sites is 1. The molecule has 3 rings (SSSR count). The largest absolute Gasteiger partial charge is 0.353 e. The van der Waals surface area contributed by atoms with Crippen molar-refractivity contribution in [2.75, 3.05) is 5.75 Å². The van der Waals surface area contributed by atoms with Gasteiger partial charge in [-0.3, -0.25) is 14.2 Å². The van der Waals surface area contributed by atoms with Crippen LogP contribution in [0.5, 0.6) is 0 Å². The first-order valence-corrected chi connectivity index (χ1v) is 10.6. The van der Waals surface area contributed by atoms with Crippen LogP contribution in [0, 0.1) is 0 Å². The Morgan fingerprint density at radius 1 is 1.27 bits per heavy atom. The summed E-state index contributed by atoms with van der Waals surface area (Å²) in [5.74, 6) is 0.289. The molecule has 1 aliphatic carbocycles. The van der Waals surface area contributed by atoms with E-state index in [1.807, 2.05) is 28.8 Å². The summed E-state index contributed by atoms with van der Waals surface area (Å²) in [6.07, 6.45) is 6.15. The van der Waals surface area contributed by atoms with Crippen molar-refractivity contribution < 1.29 is 4.79 Å². The highest BCUT2D eigenvalue weighted by Gasteiger charge is 2.23. The fraction of sp³-hybridized carbons (Fsp3) is 0.550. The lowest BCUT2D eigenvalue weighted by Crippen LogP contribution is -2.35. The molecule has 1 heterocycles. The minimum atomic E-state index is 0.00378. The van der Waals surface area contributed by atoms with Gasteiger partial charge < -0.3 is 5.32 Å². The Hall–Kier alpha value is -1.82. The Kier molecular flexibility index (Phi) is 6.35. The van der Waals surface area contributed by atoms with E-state index in [1.54, 1.807) is 0 Å². The predicted octanol–water partition coefficient (Wildman–Crippen LogP) is 3.91. The van der Waals surface area contributed by atoms with E-state index in [4.69, 9.17) is 4.98 Å². The van der Waals surface area contributed by atoms with Crippen molar-refractivity contribution in [2.24, 2.45) is 0 Å². The third-order valence-electron chi connectivity index (χ3n) is 5.15. The van der Waals surface area contributed by atoms with Gasteiger partial charge in [0.25, 0.3) is 5.56 Å². The smallest absolute Gasteiger partial charge is 0.262 e. The highest BCUT2D eigenvalue weighted by molar-refractivity contribution is 7.99. The maximum absolute atomic E-state index is 13.1. The van der Waals surface area contributed by atoms with Gasteiger partial charge in [0.1, 0.15) is 0 Å². The molecule has 26 heavy (non-hydrogen) atoms. The number of benzene rings is 1. The molecule has 1 aromatic heterocycles. The number of nitrogens with zero attached hydrogens (tertiary/aromatic N) is 2. The SMILES string of the molecule is CCC(CC)NC(=O)CSc1nc2ccccc2c(=O)n1C1CCCC1. The lowest BCUT2D eigenvalue weighted by Gasteiger charge is -2.19. The van der Waals surface area contributed by atoms with Gasteiger partial charge in [0.2, 0.25) is 5.91 Å². The van der Waals surface area contributed by atoms with E-state index in [0.717, 1.165) is 38.5 Å². The number of hydrogen-bond donors (Lipinski definition) is 1. The summed E-state index contributed by atoms with van der Waals surface area (Å²) < 4.78 is 1.84. The number of amides is 1. The molecule has 1 N–H and O–H groups in total. The molecule has 140 valence electrons. The third-order valence-corrected chi connectivity index (χ3v) is 6.10. The van der Waals surface area contributed by atoms with Crippen LogP contribution in [0.4, 0.5) is 0 Å². The van der Waals surface area contributed by atoms with Crippen molar-refractivity contribution in [1.29, 1.82) is 0 Å². The minimum absolute atomic E-state index is 0.00378. The summed E-state index contributed by atoms with van der Waals surface area (Å²) in [6, 6.07) is 7.88. The molecule has 1 aliphatic rings. The molecule has 1 saturated carbocycles. The van der Waals surface area contributed by atoms with E-state index in [-0.39, 0.29) is 29.3 Å². The number of carbonyl (C=O) groups is 1. The molecule has 0 spiro atoms. The van der Waals surface area contributed by atoms with E-state index < -0.39 is 0 Å². The van der Waals surface area contributed by atoms with Crippen LogP contribution in [0.2, 0.25) is 0 Å². The topological polar surface area (TPSA) is 64.0 Å². The minimum Gasteiger partial charge on any atom is -0.353 e. The molecule has 0 bridgehead atoms. The molecule has 0 aliphatic heterocycles. The van der Waals surface area contributed by atoms with Gasteiger partial charge in [-0.1, -0.05) is 50.6 Å². The Morgan fingerprint density at radius 2 is 1.96 bits per heavy atom. The van der Waals surface area contributed by atoms with Crippen LogP contribution in [0.3, 0.4) is 0 Å². The van der Waals surface area contributed by atoms with Gasteiger partial charge in [0.05, 0.1) is 16.7 Å². The summed E-state index contributed by atoms with van der Waals surface area (Å²) in [7, 11) is 0. The van der Waals surface area contributed by atoms with Gasteiger partial charge >= 0.3 is 0 Å². The van der Waals surface area contributed by atoms with Crippen molar-refractivity contribution in [2.45, 2.75) is 69.6 Å². The number of rotatable bonds is 7. The number of thioether (sulfide) groups is 1. The van der Waals surface area contributed by atoms with Crippen LogP contribution < -0.4 is 10.9 Å². The molecule has 1 amide bonds. The zero-order chi connectivity index (χ0) is 18.5. The summed E-state index contributed by atoms with van der Waals surface area (Å²) in [5, 5.41) is 4.38. The molecule has 0 radical (unpaired) electrons. The van der Waals surface area contributed by atoms with Crippen molar-refractivity contribution in [3.8, 4) is 0 Å². The number of nitrogens with one attached hydrogen (secondary N) is 1. The van der Waals surface area contributed by atoms with Crippen LogP contribution in [0.15, 0.2) is 34.2 Å². The molecule has 1 aromatic carbocycles. The monoisotopic (exact) mass is 373 g/mol. The van der Waals surface area contributed by atoms with E-state index in [1.165, 1.54) is 11.8 Å². The van der Waals surface area contributed by atoms with Crippen molar-refractivity contribution in [1.82, 2.24) is 14.9 Å². The van der Waals surface area contributed by atoms with Crippen LogP contribution >= 0.6 is 11.8 Å². The fourth-order valence-corrected chi connectivity index (χ4v) is 4.48. The van der Waals surface area contributed by atoms with Gasteiger partial charge in [-0.2, -0.15) is 0 Å². The first kappa shape index (κ1) is 19.0. The lowest BCUT2D eigenvalue weighted by molar-refractivity contribution is -0.119. The first-order valence-electron chi connectivity index (χ1n) is 9.57. The molecule has 0 saturated heterocycles. The summed E-state index contributed by atoms with van der Waals surface area (Å²) in [5.41, 5.74) is 0.722. The molecular formula is C20H27N3O2S. The first-order chi connectivity index (χ1) is 12.6. The lowest BCUT2D eigenvalue weighted by atomic mass is 10.2. The highest BCUT2D eigenvalue weighted by Crippen LogP contribution is 2.32. The quantitative estimate of drug-likeness (QED) is 0.590. The fourth-order valence-electron chi connectivity index (χ4n) is 3.60. The normalized spacial score (nSPS) is 15.0. The Bertz CT molecular complexity index is 823. The highest BCUT2D eigenvalue weighted by atomic mass is 32.2. The van der Waals surface area contributed by atoms with Crippen LogP contribution in [0.25, 0.3) is 10.9 Å². The summed E-state index contributed by atoms with van der Waals surface area (Å²) in [4.78, 5) is 30.1. The van der Waals surface area contributed by atoms with Crippen molar-refractivity contribution in [3.05, 3.63) is 34.6 Å². The maximum Gasteiger partial charge on any atom is 0.262 e. The Labute approximate surface area is 158 Å². The molecular weight excluding hydrogens is 346 g/mol.